The Morgan fingerprint density at radius 3 is 2.77 bits per heavy atom. The van der Waals surface area contributed by atoms with Crippen LogP contribution in [-0.4, -0.2) is 68.8 Å². The van der Waals surface area contributed by atoms with Crippen LogP contribution >= 0.6 is 24.0 Å². The second-order valence-corrected chi connectivity index (χ2v) is 8.21. The zero-order valence-electron chi connectivity index (χ0n) is 17.2. The number of halogens is 2. The van der Waals surface area contributed by atoms with Crippen molar-refractivity contribution in [2.45, 2.75) is 25.9 Å². The number of benzene rings is 1. The van der Waals surface area contributed by atoms with E-state index in [1.54, 1.807) is 6.07 Å². The number of likely N-dealkylation sites (N-methyl/N-ethyl adjacent to an activating group) is 2. The third-order valence-corrected chi connectivity index (χ3v) is 5.88. The number of likely N-dealkylation sites (tertiary alicyclic amines) is 1. The van der Waals surface area contributed by atoms with Crippen LogP contribution in [0.2, 0.25) is 5.02 Å². The van der Waals surface area contributed by atoms with Crippen molar-refractivity contribution in [3.8, 4) is 17.0 Å². The summed E-state index contributed by atoms with van der Waals surface area (Å²) < 4.78 is 1.82. The van der Waals surface area contributed by atoms with Gasteiger partial charge in [0.25, 0.3) is 0 Å². The molecule has 7 nitrogen and oxygen atoms in total. The smallest absolute Gasteiger partial charge is 0.242 e. The normalized spacial score (nSPS) is 16.6. The highest BCUT2D eigenvalue weighted by Gasteiger charge is 2.26. The molecule has 1 aliphatic heterocycles. The standard InChI is InChI=1S/C21H24ClN5O2.ClH/c1-13-8-15(22)10-18(28)20(13)17-9-14-4-7-27(21(14)24-23-17)12-19(29)26(3)16-5-6-25(2)11-16;/h4,7-10,16,28H,5-6,11-12H2,1-3H3;1H/t16-;/m1./s1. The number of aromatic nitrogens is 3. The number of rotatable bonds is 4. The Balaban J connectivity index is 0.00000256. The Kier molecular flexibility index (Phi) is 6.55. The first kappa shape index (κ1) is 22.3. The second kappa shape index (κ2) is 8.79. The van der Waals surface area contributed by atoms with E-state index in [2.05, 4.69) is 22.1 Å². The fourth-order valence-corrected chi connectivity index (χ4v) is 4.25. The van der Waals surface area contributed by atoms with Crippen LogP contribution in [0.1, 0.15) is 12.0 Å². The quantitative estimate of drug-likeness (QED) is 0.660. The molecule has 3 aromatic rings. The van der Waals surface area contributed by atoms with E-state index in [1.807, 2.05) is 41.8 Å². The minimum absolute atomic E-state index is 0. The number of hydrogen-bond donors (Lipinski definition) is 1. The summed E-state index contributed by atoms with van der Waals surface area (Å²) in [4.78, 5) is 16.8. The molecular formula is C21H25Cl2N5O2. The summed E-state index contributed by atoms with van der Waals surface area (Å²) in [6.45, 7) is 4.01. The van der Waals surface area contributed by atoms with Gasteiger partial charge >= 0.3 is 0 Å². The van der Waals surface area contributed by atoms with Gasteiger partial charge in [0.05, 0.1) is 5.69 Å². The van der Waals surface area contributed by atoms with Crippen LogP contribution in [-0.2, 0) is 11.3 Å². The van der Waals surface area contributed by atoms with Gasteiger partial charge in [0.15, 0.2) is 5.65 Å². The summed E-state index contributed by atoms with van der Waals surface area (Å²) in [7, 11) is 3.94. The van der Waals surface area contributed by atoms with Crippen LogP contribution < -0.4 is 0 Å². The number of carbonyl (C=O) groups excluding carboxylic acids is 1. The lowest BCUT2D eigenvalue weighted by Crippen LogP contribution is -2.40. The molecule has 160 valence electrons. The molecule has 0 spiro atoms. The van der Waals surface area contributed by atoms with Crippen molar-refractivity contribution in [2.24, 2.45) is 0 Å². The second-order valence-electron chi connectivity index (χ2n) is 7.78. The molecule has 1 N–H and O–H groups in total. The van der Waals surface area contributed by atoms with Crippen molar-refractivity contribution in [2.75, 3.05) is 27.2 Å². The van der Waals surface area contributed by atoms with Gasteiger partial charge in [0, 0.05) is 41.8 Å². The van der Waals surface area contributed by atoms with Crippen LogP contribution in [0.3, 0.4) is 0 Å². The number of aryl methyl sites for hydroxylation is 1. The van der Waals surface area contributed by atoms with Crippen LogP contribution in [0.25, 0.3) is 22.3 Å². The van der Waals surface area contributed by atoms with Gasteiger partial charge in [0.1, 0.15) is 12.3 Å². The van der Waals surface area contributed by atoms with E-state index in [0.29, 0.717) is 21.9 Å². The number of phenols is 1. The summed E-state index contributed by atoms with van der Waals surface area (Å²) in [5.74, 6) is 0.126. The van der Waals surface area contributed by atoms with Crippen LogP contribution in [0.4, 0.5) is 0 Å². The Morgan fingerprint density at radius 2 is 2.10 bits per heavy atom. The molecular weight excluding hydrogens is 425 g/mol. The molecule has 0 unspecified atom stereocenters. The zero-order valence-corrected chi connectivity index (χ0v) is 18.7. The SMILES string of the molecule is Cc1cc(Cl)cc(O)c1-c1cc2ccn(CC(=O)N(C)[C@@H]3CCN(C)C3)c2nn1.Cl. The van der Waals surface area contributed by atoms with E-state index >= 15 is 0 Å². The van der Waals surface area contributed by atoms with E-state index in [9.17, 15) is 9.90 Å². The summed E-state index contributed by atoms with van der Waals surface area (Å²) in [6.07, 6.45) is 2.85. The molecule has 3 heterocycles. The van der Waals surface area contributed by atoms with E-state index in [4.69, 9.17) is 11.6 Å². The number of nitrogens with zero attached hydrogens (tertiary/aromatic N) is 5. The lowest BCUT2D eigenvalue weighted by atomic mass is 10.0. The van der Waals surface area contributed by atoms with Crippen molar-refractivity contribution >= 4 is 40.9 Å². The fraction of sp³-hybridized carbons (Fsp3) is 0.381. The zero-order chi connectivity index (χ0) is 20.7. The Hall–Kier alpha value is -2.35. The van der Waals surface area contributed by atoms with Crippen molar-refractivity contribution in [3.05, 3.63) is 41.0 Å². The van der Waals surface area contributed by atoms with Crippen molar-refractivity contribution < 1.29 is 9.90 Å². The Bertz CT molecular complexity index is 1060. The number of fused-ring (bicyclic) bond motifs is 1. The average molecular weight is 450 g/mol. The summed E-state index contributed by atoms with van der Waals surface area (Å²) in [5, 5.41) is 20.3. The van der Waals surface area contributed by atoms with Crippen molar-refractivity contribution in [3.63, 3.8) is 0 Å². The summed E-state index contributed by atoms with van der Waals surface area (Å²) in [5.41, 5.74) is 2.64. The number of hydrogen-bond acceptors (Lipinski definition) is 5. The molecule has 2 aromatic heterocycles. The third kappa shape index (κ3) is 4.24. The largest absolute Gasteiger partial charge is 0.507 e. The highest BCUT2D eigenvalue weighted by molar-refractivity contribution is 6.31. The molecule has 30 heavy (non-hydrogen) atoms. The summed E-state index contributed by atoms with van der Waals surface area (Å²) >= 11 is 6.00. The van der Waals surface area contributed by atoms with Crippen molar-refractivity contribution in [1.82, 2.24) is 24.6 Å². The first-order valence-electron chi connectivity index (χ1n) is 9.59. The maximum atomic E-state index is 12.8. The number of phenolic OH excluding ortho intramolecular Hbond substituents is 1. The first-order valence-corrected chi connectivity index (χ1v) is 9.97. The van der Waals surface area contributed by atoms with E-state index in [1.165, 1.54) is 6.07 Å². The Morgan fingerprint density at radius 1 is 1.33 bits per heavy atom. The van der Waals surface area contributed by atoms with Gasteiger partial charge in [-0.25, -0.2) is 0 Å². The lowest BCUT2D eigenvalue weighted by Gasteiger charge is -2.24. The minimum Gasteiger partial charge on any atom is -0.507 e. The molecule has 1 aliphatic rings. The minimum atomic E-state index is 0. The molecule has 1 atom stereocenters. The molecule has 1 amide bonds. The molecule has 4 rings (SSSR count). The topological polar surface area (TPSA) is 74.5 Å². The van der Waals surface area contributed by atoms with Crippen molar-refractivity contribution in [1.29, 1.82) is 0 Å². The monoisotopic (exact) mass is 449 g/mol. The summed E-state index contributed by atoms with van der Waals surface area (Å²) in [6, 6.07) is 7.31. The molecule has 0 bridgehead atoms. The fourth-order valence-electron chi connectivity index (χ4n) is 3.98. The molecule has 0 radical (unpaired) electrons. The predicted octanol–water partition coefficient (Wildman–Crippen LogP) is 3.35. The maximum absolute atomic E-state index is 12.8. The molecule has 0 saturated carbocycles. The van der Waals surface area contributed by atoms with Gasteiger partial charge in [-0.2, -0.15) is 0 Å². The van der Waals surface area contributed by atoms with Gasteiger partial charge in [0.2, 0.25) is 5.91 Å². The third-order valence-electron chi connectivity index (χ3n) is 5.66. The number of amides is 1. The molecule has 0 aliphatic carbocycles. The van der Waals surface area contributed by atoms with Gasteiger partial charge in [-0.1, -0.05) is 11.6 Å². The maximum Gasteiger partial charge on any atom is 0.242 e. The molecule has 1 saturated heterocycles. The van der Waals surface area contributed by atoms with Gasteiger partial charge < -0.3 is 19.5 Å². The van der Waals surface area contributed by atoms with E-state index in [0.717, 1.165) is 30.5 Å². The Labute approximate surface area is 186 Å². The predicted molar refractivity (Wildman–Crippen MR) is 120 cm³/mol. The molecule has 1 aromatic carbocycles. The highest BCUT2D eigenvalue weighted by atomic mass is 35.5. The van der Waals surface area contributed by atoms with Crippen LogP contribution in [0.5, 0.6) is 5.75 Å². The van der Waals surface area contributed by atoms with E-state index in [-0.39, 0.29) is 36.7 Å². The van der Waals surface area contributed by atoms with E-state index < -0.39 is 0 Å². The average Bonchev–Trinajstić information content (AvgIpc) is 3.26. The van der Waals surface area contributed by atoms with Gasteiger partial charge in [-0.15, -0.1) is 22.6 Å². The highest BCUT2D eigenvalue weighted by Crippen LogP contribution is 2.34. The van der Waals surface area contributed by atoms with Gasteiger partial charge in [-0.3, -0.25) is 4.79 Å². The van der Waals surface area contributed by atoms with Crippen LogP contribution in [0.15, 0.2) is 30.5 Å². The number of carbonyl (C=O) groups is 1. The molecule has 1 fully saturated rings. The first-order chi connectivity index (χ1) is 13.8. The number of aromatic hydroxyl groups is 1. The molecule has 9 heteroatoms. The van der Waals surface area contributed by atoms with Crippen LogP contribution in [0, 0.1) is 6.92 Å². The lowest BCUT2D eigenvalue weighted by molar-refractivity contribution is -0.132. The van der Waals surface area contributed by atoms with Gasteiger partial charge in [-0.05, 0) is 56.8 Å².